The van der Waals surface area contributed by atoms with E-state index < -0.39 is 11.7 Å². The van der Waals surface area contributed by atoms with Gasteiger partial charge in [0.15, 0.2) is 0 Å². The van der Waals surface area contributed by atoms with Crippen molar-refractivity contribution >= 4 is 44.8 Å². The maximum Gasteiger partial charge on any atom is 0.419 e. The number of methoxy groups -OCH3 is 1. The van der Waals surface area contributed by atoms with Crippen molar-refractivity contribution < 1.29 is 19.1 Å². The number of amides is 2. The molecule has 1 aromatic carbocycles. The fraction of sp³-hybridized carbons (Fsp3) is 0.286. The molecule has 8 nitrogen and oxygen atoms in total. The lowest BCUT2D eigenvalue weighted by Crippen LogP contribution is -2.28. The van der Waals surface area contributed by atoms with E-state index in [0.717, 1.165) is 16.7 Å². The fourth-order valence-electron chi connectivity index (χ4n) is 2.70. The van der Waals surface area contributed by atoms with Gasteiger partial charge in [0.1, 0.15) is 17.2 Å². The molecule has 0 saturated carbocycles. The lowest BCUT2D eigenvalue weighted by Gasteiger charge is -2.19. The number of halogens is 1. The van der Waals surface area contributed by atoms with Crippen LogP contribution in [0, 0.1) is 0 Å². The van der Waals surface area contributed by atoms with Crippen molar-refractivity contribution in [3.05, 3.63) is 52.8 Å². The van der Waals surface area contributed by atoms with Crippen LogP contribution in [0.25, 0.3) is 10.9 Å². The number of nitrogens with zero attached hydrogens (tertiary/aromatic N) is 2. The number of rotatable bonds is 4. The molecule has 2 aromatic heterocycles. The monoisotopic (exact) mass is 474 g/mol. The Morgan fingerprint density at radius 1 is 1.20 bits per heavy atom. The predicted molar refractivity (Wildman–Crippen MR) is 118 cm³/mol. The molecule has 0 spiro atoms. The first-order valence-electron chi connectivity index (χ1n) is 9.24. The number of nitrogens with one attached hydrogen (secondary N) is 2. The topological polar surface area (TPSA) is 94.5 Å². The summed E-state index contributed by atoms with van der Waals surface area (Å²) in [5.41, 5.74) is 0.892. The van der Waals surface area contributed by atoms with E-state index in [1.165, 1.54) is 10.8 Å². The Balaban J connectivity index is 1.68. The summed E-state index contributed by atoms with van der Waals surface area (Å²) in [5.74, 6) is 1.11. The molecule has 158 valence electrons. The van der Waals surface area contributed by atoms with Gasteiger partial charge in [-0.15, -0.1) is 0 Å². The Bertz CT molecular complexity index is 1070. The Kier molecular flexibility index (Phi) is 6.31. The third-order valence-electron chi connectivity index (χ3n) is 4.09. The standard InChI is InChI=1S/C21H23BrN4O4/c1-21(2,3)30-20(28)26-12-16(22)15-9-18(23-11-17(15)26)25-19(27)24-10-13-5-7-14(29-4)8-6-13/h5-9,11-12H,10H2,1-4H3,(H2,23,24,25,27). The first kappa shape index (κ1) is 21.6. The summed E-state index contributed by atoms with van der Waals surface area (Å²) in [4.78, 5) is 28.9. The first-order valence-corrected chi connectivity index (χ1v) is 10.0. The van der Waals surface area contributed by atoms with Gasteiger partial charge >= 0.3 is 12.1 Å². The summed E-state index contributed by atoms with van der Waals surface area (Å²) < 4.78 is 12.6. The fourth-order valence-corrected chi connectivity index (χ4v) is 3.22. The largest absolute Gasteiger partial charge is 0.497 e. The molecule has 0 bridgehead atoms. The van der Waals surface area contributed by atoms with Gasteiger partial charge in [0.25, 0.3) is 0 Å². The van der Waals surface area contributed by atoms with Gasteiger partial charge in [-0.25, -0.2) is 19.1 Å². The zero-order chi connectivity index (χ0) is 21.9. The van der Waals surface area contributed by atoms with Crippen molar-refractivity contribution in [1.29, 1.82) is 0 Å². The number of carbonyl (C=O) groups excluding carboxylic acids is 2. The van der Waals surface area contributed by atoms with Gasteiger partial charge in [-0.2, -0.15) is 0 Å². The molecular formula is C21H23BrN4O4. The third kappa shape index (κ3) is 5.29. The number of benzene rings is 1. The highest BCUT2D eigenvalue weighted by atomic mass is 79.9. The summed E-state index contributed by atoms with van der Waals surface area (Å²) in [6.07, 6.45) is 2.63. The molecule has 0 aliphatic carbocycles. The summed E-state index contributed by atoms with van der Waals surface area (Å²) in [6.45, 7) is 5.76. The minimum atomic E-state index is -0.614. The zero-order valence-electron chi connectivity index (χ0n) is 17.2. The highest BCUT2D eigenvalue weighted by Crippen LogP contribution is 2.28. The lowest BCUT2D eigenvalue weighted by molar-refractivity contribution is 0.0544. The van der Waals surface area contributed by atoms with E-state index >= 15 is 0 Å². The van der Waals surface area contributed by atoms with E-state index in [2.05, 4.69) is 31.5 Å². The van der Waals surface area contributed by atoms with Gasteiger partial charge in [0.05, 0.1) is 18.8 Å². The number of hydrogen-bond acceptors (Lipinski definition) is 5. The molecule has 0 saturated heterocycles. The molecule has 30 heavy (non-hydrogen) atoms. The number of carbonyl (C=O) groups is 2. The van der Waals surface area contributed by atoms with Crippen molar-refractivity contribution in [1.82, 2.24) is 14.9 Å². The normalized spacial score (nSPS) is 11.2. The van der Waals surface area contributed by atoms with Crippen LogP contribution in [-0.2, 0) is 11.3 Å². The second-order valence-corrected chi connectivity index (χ2v) is 8.42. The van der Waals surface area contributed by atoms with E-state index in [1.807, 2.05) is 24.3 Å². The molecular weight excluding hydrogens is 452 g/mol. The second kappa shape index (κ2) is 8.74. The zero-order valence-corrected chi connectivity index (χ0v) is 18.7. The number of fused-ring (bicyclic) bond motifs is 1. The number of ether oxygens (including phenoxy) is 2. The maximum atomic E-state index is 12.4. The van der Waals surface area contributed by atoms with Crippen molar-refractivity contribution in [3.63, 3.8) is 0 Å². The average molecular weight is 475 g/mol. The van der Waals surface area contributed by atoms with Gasteiger partial charge in [-0.1, -0.05) is 12.1 Å². The Labute approximate surface area is 182 Å². The lowest BCUT2D eigenvalue weighted by atomic mass is 10.2. The van der Waals surface area contributed by atoms with Crippen molar-refractivity contribution in [3.8, 4) is 5.75 Å². The van der Waals surface area contributed by atoms with Gasteiger partial charge in [-0.05, 0) is 60.5 Å². The summed E-state index contributed by atoms with van der Waals surface area (Å²) in [5, 5.41) is 6.20. The minimum Gasteiger partial charge on any atom is -0.497 e. The molecule has 3 rings (SSSR count). The third-order valence-corrected chi connectivity index (χ3v) is 4.72. The van der Waals surface area contributed by atoms with Gasteiger partial charge < -0.3 is 14.8 Å². The van der Waals surface area contributed by atoms with Crippen LogP contribution in [0.15, 0.2) is 47.2 Å². The molecule has 2 N–H and O–H groups in total. The smallest absolute Gasteiger partial charge is 0.419 e. The summed E-state index contributed by atoms with van der Waals surface area (Å²) >= 11 is 3.44. The van der Waals surface area contributed by atoms with Crippen LogP contribution >= 0.6 is 15.9 Å². The van der Waals surface area contributed by atoms with Gasteiger partial charge in [0, 0.05) is 22.6 Å². The van der Waals surface area contributed by atoms with Gasteiger partial charge in [-0.3, -0.25) is 5.32 Å². The molecule has 9 heteroatoms. The second-order valence-electron chi connectivity index (χ2n) is 7.57. The number of anilines is 1. The molecule has 0 radical (unpaired) electrons. The molecule has 3 aromatic rings. The quantitative estimate of drug-likeness (QED) is 0.559. The van der Waals surface area contributed by atoms with Crippen molar-refractivity contribution in [2.75, 3.05) is 12.4 Å². The minimum absolute atomic E-state index is 0.358. The number of pyridine rings is 1. The van der Waals surface area contributed by atoms with Crippen molar-refractivity contribution in [2.24, 2.45) is 0 Å². The SMILES string of the molecule is COc1ccc(CNC(=O)Nc2cc3c(Br)cn(C(=O)OC(C)(C)C)c3cn2)cc1. The van der Waals surface area contributed by atoms with E-state index in [-0.39, 0.29) is 6.03 Å². The Morgan fingerprint density at radius 3 is 2.53 bits per heavy atom. The average Bonchev–Trinajstić information content (AvgIpc) is 3.02. The van der Waals surface area contributed by atoms with Crippen LogP contribution in [-0.4, -0.2) is 34.4 Å². The molecule has 0 atom stereocenters. The molecule has 0 aliphatic rings. The summed E-state index contributed by atoms with van der Waals surface area (Å²) in [7, 11) is 1.60. The Hall–Kier alpha value is -3.07. The predicted octanol–water partition coefficient (Wildman–Crippen LogP) is 4.91. The number of urea groups is 1. The summed E-state index contributed by atoms with van der Waals surface area (Å²) in [6, 6.07) is 8.71. The first-order chi connectivity index (χ1) is 14.2. The van der Waals surface area contributed by atoms with Crippen LogP contribution in [0.2, 0.25) is 0 Å². The van der Waals surface area contributed by atoms with E-state index in [0.29, 0.717) is 22.4 Å². The highest BCUT2D eigenvalue weighted by molar-refractivity contribution is 9.10. The van der Waals surface area contributed by atoms with Crippen LogP contribution in [0.1, 0.15) is 26.3 Å². The van der Waals surface area contributed by atoms with E-state index in [1.54, 1.807) is 40.1 Å². The van der Waals surface area contributed by atoms with Crippen LogP contribution < -0.4 is 15.4 Å². The van der Waals surface area contributed by atoms with Crippen LogP contribution in [0.5, 0.6) is 5.75 Å². The van der Waals surface area contributed by atoms with E-state index in [9.17, 15) is 9.59 Å². The Morgan fingerprint density at radius 2 is 1.90 bits per heavy atom. The number of aromatic nitrogens is 2. The molecule has 2 heterocycles. The molecule has 2 amide bonds. The highest BCUT2D eigenvalue weighted by Gasteiger charge is 2.21. The maximum absolute atomic E-state index is 12.4. The number of hydrogen-bond donors (Lipinski definition) is 2. The van der Waals surface area contributed by atoms with Gasteiger partial charge in [0.2, 0.25) is 0 Å². The molecule has 0 aliphatic heterocycles. The van der Waals surface area contributed by atoms with E-state index in [4.69, 9.17) is 9.47 Å². The molecule has 0 unspecified atom stereocenters. The van der Waals surface area contributed by atoms with Crippen LogP contribution in [0.4, 0.5) is 15.4 Å². The van der Waals surface area contributed by atoms with Crippen LogP contribution in [0.3, 0.4) is 0 Å². The van der Waals surface area contributed by atoms with Crippen molar-refractivity contribution in [2.45, 2.75) is 32.9 Å². The molecule has 0 fully saturated rings.